The van der Waals surface area contributed by atoms with Crippen molar-refractivity contribution in [2.45, 2.75) is 38.6 Å². The molecule has 132 valence electrons. The summed E-state index contributed by atoms with van der Waals surface area (Å²) in [5, 5.41) is 4.15. The molecule has 1 amide bonds. The van der Waals surface area contributed by atoms with Gasteiger partial charge in [0, 0.05) is 22.9 Å². The normalized spacial score (nSPS) is 14.5. The van der Waals surface area contributed by atoms with E-state index < -0.39 is 5.91 Å². The standard InChI is InChI=1S/C20H23ClN2O2/c1-12-9-16(19(25-2)17(10-12)20(22)24)15-8-7-14(11-18(15)21)23-13-5-3-4-6-13/h7-11,13,23H,3-6H2,1-2H3,(H2,22,24). The van der Waals surface area contributed by atoms with Crippen molar-refractivity contribution in [1.29, 1.82) is 0 Å². The van der Waals surface area contributed by atoms with Crippen LogP contribution in [-0.2, 0) is 0 Å². The summed E-state index contributed by atoms with van der Waals surface area (Å²) in [5.41, 5.74) is 9.39. The number of carbonyl (C=O) groups is 1. The number of rotatable bonds is 5. The van der Waals surface area contributed by atoms with Crippen molar-refractivity contribution in [3.05, 3.63) is 46.5 Å². The third-order valence-corrected chi connectivity index (χ3v) is 5.00. The van der Waals surface area contributed by atoms with Crippen molar-refractivity contribution in [1.82, 2.24) is 0 Å². The Labute approximate surface area is 153 Å². The molecule has 1 aliphatic rings. The highest BCUT2D eigenvalue weighted by Crippen LogP contribution is 2.39. The molecule has 0 bridgehead atoms. The van der Waals surface area contributed by atoms with Gasteiger partial charge >= 0.3 is 0 Å². The molecule has 2 aromatic rings. The summed E-state index contributed by atoms with van der Waals surface area (Å²) < 4.78 is 5.46. The molecule has 0 heterocycles. The lowest BCUT2D eigenvalue weighted by atomic mass is 9.97. The number of benzene rings is 2. The van der Waals surface area contributed by atoms with Gasteiger partial charge in [-0.25, -0.2) is 0 Å². The summed E-state index contributed by atoms with van der Waals surface area (Å²) >= 11 is 6.55. The average Bonchev–Trinajstić information content (AvgIpc) is 3.07. The highest BCUT2D eigenvalue weighted by molar-refractivity contribution is 6.33. The zero-order valence-corrected chi connectivity index (χ0v) is 15.3. The number of hydrogen-bond acceptors (Lipinski definition) is 3. The number of methoxy groups -OCH3 is 1. The molecule has 0 atom stereocenters. The molecule has 4 nitrogen and oxygen atoms in total. The first-order valence-electron chi connectivity index (χ1n) is 8.54. The maximum atomic E-state index is 11.7. The fraction of sp³-hybridized carbons (Fsp3) is 0.350. The summed E-state index contributed by atoms with van der Waals surface area (Å²) in [4.78, 5) is 11.7. The Bertz CT molecular complexity index is 799. The number of aryl methyl sites for hydroxylation is 1. The maximum absolute atomic E-state index is 11.7. The molecule has 0 spiro atoms. The molecular formula is C20H23ClN2O2. The minimum atomic E-state index is -0.516. The van der Waals surface area contributed by atoms with E-state index in [2.05, 4.69) is 5.32 Å². The van der Waals surface area contributed by atoms with Crippen LogP contribution in [0.2, 0.25) is 5.02 Å². The number of hydrogen-bond donors (Lipinski definition) is 2. The largest absolute Gasteiger partial charge is 0.495 e. The van der Waals surface area contributed by atoms with Crippen molar-refractivity contribution >= 4 is 23.2 Å². The van der Waals surface area contributed by atoms with E-state index in [1.165, 1.54) is 32.8 Å². The lowest BCUT2D eigenvalue weighted by molar-refractivity contribution is 0.0997. The molecular weight excluding hydrogens is 336 g/mol. The fourth-order valence-electron chi connectivity index (χ4n) is 3.51. The Morgan fingerprint density at radius 3 is 2.52 bits per heavy atom. The van der Waals surface area contributed by atoms with Gasteiger partial charge in [-0.1, -0.05) is 30.5 Å². The van der Waals surface area contributed by atoms with E-state index in [1.807, 2.05) is 31.2 Å². The van der Waals surface area contributed by atoms with Crippen LogP contribution in [0, 0.1) is 6.92 Å². The predicted molar refractivity (Wildman–Crippen MR) is 103 cm³/mol. The van der Waals surface area contributed by atoms with Crippen LogP contribution in [0.25, 0.3) is 11.1 Å². The van der Waals surface area contributed by atoms with Crippen LogP contribution in [-0.4, -0.2) is 19.1 Å². The second-order valence-electron chi connectivity index (χ2n) is 6.58. The van der Waals surface area contributed by atoms with E-state index in [-0.39, 0.29) is 0 Å². The van der Waals surface area contributed by atoms with Crippen molar-refractivity contribution < 1.29 is 9.53 Å². The molecule has 5 heteroatoms. The fourth-order valence-corrected chi connectivity index (χ4v) is 3.79. The zero-order chi connectivity index (χ0) is 18.0. The van der Waals surface area contributed by atoms with Gasteiger partial charge in [-0.2, -0.15) is 0 Å². The van der Waals surface area contributed by atoms with E-state index in [4.69, 9.17) is 22.1 Å². The summed E-state index contributed by atoms with van der Waals surface area (Å²) in [6, 6.07) is 10.1. The van der Waals surface area contributed by atoms with Gasteiger partial charge in [-0.3, -0.25) is 4.79 Å². The quantitative estimate of drug-likeness (QED) is 0.808. The van der Waals surface area contributed by atoms with E-state index in [1.54, 1.807) is 6.07 Å². The first-order chi connectivity index (χ1) is 12.0. The average molecular weight is 359 g/mol. The van der Waals surface area contributed by atoms with Crippen molar-refractivity contribution in [2.75, 3.05) is 12.4 Å². The highest BCUT2D eigenvalue weighted by atomic mass is 35.5. The summed E-state index contributed by atoms with van der Waals surface area (Å²) in [7, 11) is 1.53. The van der Waals surface area contributed by atoms with Gasteiger partial charge in [0.05, 0.1) is 17.7 Å². The molecule has 0 aliphatic heterocycles. The predicted octanol–water partition coefficient (Wildman–Crippen LogP) is 4.78. The SMILES string of the molecule is COc1c(C(N)=O)cc(C)cc1-c1ccc(NC2CCCC2)cc1Cl. The minimum Gasteiger partial charge on any atom is -0.495 e. The lowest BCUT2D eigenvalue weighted by Gasteiger charge is -2.17. The van der Waals surface area contributed by atoms with Crippen LogP contribution in [0.15, 0.2) is 30.3 Å². The molecule has 2 aromatic carbocycles. The Balaban J connectivity index is 2.00. The van der Waals surface area contributed by atoms with Crippen LogP contribution in [0.1, 0.15) is 41.6 Å². The van der Waals surface area contributed by atoms with Gasteiger partial charge in [-0.05, 0) is 49.6 Å². The smallest absolute Gasteiger partial charge is 0.252 e. The second kappa shape index (κ2) is 7.36. The van der Waals surface area contributed by atoms with Crippen LogP contribution in [0.4, 0.5) is 5.69 Å². The van der Waals surface area contributed by atoms with Gasteiger partial charge < -0.3 is 15.8 Å². The molecule has 1 fully saturated rings. The van der Waals surface area contributed by atoms with Gasteiger partial charge in [0.1, 0.15) is 5.75 Å². The topological polar surface area (TPSA) is 64.3 Å². The number of nitrogens with two attached hydrogens (primary N) is 1. The van der Waals surface area contributed by atoms with Gasteiger partial charge in [-0.15, -0.1) is 0 Å². The number of nitrogens with one attached hydrogen (secondary N) is 1. The van der Waals surface area contributed by atoms with Crippen LogP contribution in [0.5, 0.6) is 5.75 Å². The molecule has 1 aliphatic carbocycles. The highest BCUT2D eigenvalue weighted by Gasteiger charge is 2.19. The van der Waals surface area contributed by atoms with Crippen LogP contribution >= 0.6 is 11.6 Å². The number of anilines is 1. The lowest BCUT2D eigenvalue weighted by Crippen LogP contribution is -2.14. The number of primary amides is 1. The van der Waals surface area contributed by atoms with Crippen LogP contribution in [0.3, 0.4) is 0 Å². The Morgan fingerprint density at radius 1 is 1.20 bits per heavy atom. The second-order valence-corrected chi connectivity index (χ2v) is 6.99. The Hall–Kier alpha value is -2.20. The third kappa shape index (κ3) is 3.74. The number of carbonyl (C=O) groups excluding carboxylic acids is 1. The number of ether oxygens (including phenoxy) is 1. The van der Waals surface area contributed by atoms with Crippen molar-refractivity contribution in [3.8, 4) is 16.9 Å². The zero-order valence-electron chi connectivity index (χ0n) is 14.6. The summed E-state index contributed by atoms with van der Waals surface area (Å²) in [5.74, 6) is -0.0612. The van der Waals surface area contributed by atoms with E-state index in [0.717, 1.165) is 22.4 Å². The van der Waals surface area contributed by atoms with Crippen molar-refractivity contribution in [3.63, 3.8) is 0 Å². The molecule has 3 N–H and O–H groups in total. The molecule has 0 saturated heterocycles. The summed E-state index contributed by atoms with van der Waals surface area (Å²) in [6.07, 6.45) is 4.96. The van der Waals surface area contributed by atoms with E-state index >= 15 is 0 Å². The Kier molecular flexibility index (Phi) is 5.19. The molecule has 1 saturated carbocycles. The maximum Gasteiger partial charge on any atom is 0.252 e. The first-order valence-corrected chi connectivity index (χ1v) is 8.92. The monoisotopic (exact) mass is 358 g/mol. The van der Waals surface area contributed by atoms with E-state index in [9.17, 15) is 4.79 Å². The minimum absolute atomic E-state index is 0.363. The Morgan fingerprint density at radius 2 is 1.92 bits per heavy atom. The molecule has 3 rings (SSSR count). The van der Waals surface area contributed by atoms with Gasteiger partial charge in [0.25, 0.3) is 5.91 Å². The molecule has 25 heavy (non-hydrogen) atoms. The third-order valence-electron chi connectivity index (χ3n) is 4.69. The number of halogens is 1. The molecule has 0 unspecified atom stereocenters. The first kappa shape index (κ1) is 17.6. The number of amides is 1. The van der Waals surface area contributed by atoms with E-state index in [0.29, 0.717) is 22.4 Å². The molecule has 0 radical (unpaired) electrons. The van der Waals surface area contributed by atoms with Gasteiger partial charge in [0.2, 0.25) is 0 Å². The van der Waals surface area contributed by atoms with Gasteiger partial charge in [0.15, 0.2) is 0 Å². The van der Waals surface area contributed by atoms with Crippen LogP contribution < -0.4 is 15.8 Å². The molecule has 0 aromatic heterocycles. The van der Waals surface area contributed by atoms with Crippen molar-refractivity contribution in [2.24, 2.45) is 5.73 Å². The summed E-state index contributed by atoms with van der Waals surface area (Å²) in [6.45, 7) is 1.92.